The van der Waals surface area contributed by atoms with Gasteiger partial charge in [0.15, 0.2) is 5.69 Å². The van der Waals surface area contributed by atoms with E-state index in [-0.39, 0.29) is 5.69 Å². The Balaban J connectivity index is 1.92. The van der Waals surface area contributed by atoms with E-state index in [4.69, 9.17) is 0 Å². The first kappa shape index (κ1) is 17.0. The highest BCUT2D eigenvalue weighted by Crippen LogP contribution is 2.44. The Morgan fingerprint density at radius 1 is 0.889 bits per heavy atom. The number of aryl methyl sites for hydroxylation is 2. The number of nitro benzene ring substituents is 1. The number of anilines is 1. The van der Waals surface area contributed by atoms with E-state index in [2.05, 4.69) is 58.8 Å². The van der Waals surface area contributed by atoms with Gasteiger partial charge in [-0.25, -0.2) is 4.99 Å². The van der Waals surface area contributed by atoms with Crippen molar-refractivity contribution in [2.45, 2.75) is 19.4 Å². The maximum absolute atomic E-state index is 11.4. The first-order valence-corrected chi connectivity index (χ1v) is 8.75. The fourth-order valence-corrected chi connectivity index (χ4v) is 3.41. The molecule has 3 aromatic rings. The quantitative estimate of drug-likeness (QED) is 0.512. The predicted molar refractivity (Wildman–Crippen MR) is 108 cm³/mol. The van der Waals surface area contributed by atoms with Crippen molar-refractivity contribution in [1.82, 2.24) is 0 Å². The summed E-state index contributed by atoms with van der Waals surface area (Å²) in [6.07, 6.45) is 1.78. The summed E-state index contributed by atoms with van der Waals surface area (Å²) in [6.45, 7) is 4.09. The number of rotatable bonds is 3. The third-order valence-electron chi connectivity index (χ3n) is 4.94. The Bertz CT molecular complexity index is 993. The lowest BCUT2D eigenvalue weighted by Crippen LogP contribution is -2.40. The maximum Gasteiger partial charge on any atom is 0.296 e. The zero-order valence-corrected chi connectivity index (χ0v) is 15.1. The van der Waals surface area contributed by atoms with E-state index in [0.29, 0.717) is 11.4 Å². The molecule has 0 spiro atoms. The zero-order valence-electron chi connectivity index (χ0n) is 15.1. The van der Waals surface area contributed by atoms with Crippen LogP contribution in [-0.4, -0.2) is 11.1 Å². The van der Waals surface area contributed by atoms with Crippen molar-refractivity contribution in [1.29, 1.82) is 0 Å². The average molecular weight is 357 g/mol. The standard InChI is InChI=1S/C22H19N3O2/c1-15-6-10-17(11-7-15)22(18-12-8-16(2)9-13-18)14-23-21-19(24-22)4-3-5-20(21)25(26)27/h3-14,24H,1-2H3. The van der Waals surface area contributed by atoms with E-state index in [1.807, 2.05) is 19.9 Å². The number of para-hydroxylation sites is 1. The van der Waals surface area contributed by atoms with Gasteiger partial charge in [-0.2, -0.15) is 0 Å². The van der Waals surface area contributed by atoms with Crippen LogP contribution in [0.5, 0.6) is 0 Å². The summed E-state index contributed by atoms with van der Waals surface area (Å²) in [4.78, 5) is 15.5. The molecule has 0 saturated carbocycles. The maximum atomic E-state index is 11.4. The van der Waals surface area contributed by atoms with Gasteiger partial charge in [0.1, 0.15) is 5.54 Å². The summed E-state index contributed by atoms with van der Waals surface area (Å²) >= 11 is 0. The highest BCUT2D eigenvalue weighted by molar-refractivity contribution is 5.94. The van der Waals surface area contributed by atoms with Crippen LogP contribution in [0, 0.1) is 24.0 Å². The SMILES string of the molecule is Cc1ccc(C2(c3ccc(C)cc3)C=Nc3c(cccc3[N+](=O)[O-])N2)cc1. The van der Waals surface area contributed by atoms with Gasteiger partial charge in [0.2, 0.25) is 0 Å². The second kappa shape index (κ2) is 6.36. The average Bonchev–Trinajstić information content (AvgIpc) is 2.68. The van der Waals surface area contributed by atoms with Gasteiger partial charge in [-0.3, -0.25) is 10.1 Å². The molecule has 5 heteroatoms. The summed E-state index contributed by atoms with van der Waals surface area (Å²) in [7, 11) is 0. The van der Waals surface area contributed by atoms with Gasteiger partial charge in [0.25, 0.3) is 5.69 Å². The van der Waals surface area contributed by atoms with E-state index in [1.54, 1.807) is 12.3 Å². The van der Waals surface area contributed by atoms with Crippen LogP contribution < -0.4 is 5.32 Å². The summed E-state index contributed by atoms with van der Waals surface area (Å²) < 4.78 is 0. The number of nitrogens with one attached hydrogen (secondary N) is 1. The van der Waals surface area contributed by atoms with Crippen molar-refractivity contribution in [3.05, 3.63) is 99.1 Å². The molecule has 1 heterocycles. The van der Waals surface area contributed by atoms with E-state index in [0.717, 1.165) is 11.1 Å². The lowest BCUT2D eigenvalue weighted by Gasteiger charge is -2.36. The minimum atomic E-state index is -0.691. The minimum Gasteiger partial charge on any atom is -0.365 e. The number of benzene rings is 3. The van der Waals surface area contributed by atoms with Gasteiger partial charge >= 0.3 is 0 Å². The van der Waals surface area contributed by atoms with Crippen molar-refractivity contribution in [3.63, 3.8) is 0 Å². The molecule has 1 N–H and O–H groups in total. The van der Waals surface area contributed by atoms with Gasteiger partial charge in [-0.05, 0) is 31.0 Å². The molecule has 0 unspecified atom stereocenters. The van der Waals surface area contributed by atoms with E-state index in [1.165, 1.54) is 17.2 Å². The van der Waals surface area contributed by atoms with Crippen molar-refractivity contribution in [2.75, 3.05) is 5.32 Å². The molecule has 0 radical (unpaired) electrons. The number of aliphatic imine (C=N–C) groups is 1. The number of hydrogen-bond acceptors (Lipinski definition) is 4. The molecule has 0 amide bonds. The molecule has 0 fully saturated rings. The molecule has 0 aliphatic carbocycles. The Labute approximate surface area is 157 Å². The Morgan fingerprint density at radius 2 is 1.44 bits per heavy atom. The van der Waals surface area contributed by atoms with Crippen LogP contribution >= 0.6 is 0 Å². The summed E-state index contributed by atoms with van der Waals surface area (Å²) in [5.41, 5.74) is 4.70. The monoisotopic (exact) mass is 357 g/mol. The fraction of sp³-hybridized carbons (Fsp3) is 0.136. The van der Waals surface area contributed by atoms with Crippen LogP contribution in [0.15, 0.2) is 71.7 Å². The fourth-order valence-electron chi connectivity index (χ4n) is 3.41. The zero-order chi connectivity index (χ0) is 19.0. The van der Waals surface area contributed by atoms with Crippen LogP contribution in [0.2, 0.25) is 0 Å². The van der Waals surface area contributed by atoms with Crippen LogP contribution in [0.25, 0.3) is 0 Å². The van der Waals surface area contributed by atoms with E-state index >= 15 is 0 Å². The van der Waals surface area contributed by atoms with E-state index in [9.17, 15) is 10.1 Å². The summed E-state index contributed by atoms with van der Waals surface area (Å²) in [5.74, 6) is 0. The third-order valence-corrected chi connectivity index (χ3v) is 4.94. The number of nitro groups is 1. The lowest BCUT2D eigenvalue weighted by atomic mass is 9.82. The van der Waals surface area contributed by atoms with Crippen LogP contribution in [0.4, 0.5) is 17.1 Å². The third kappa shape index (κ3) is 2.87. The second-order valence-corrected chi connectivity index (χ2v) is 6.85. The van der Waals surface area contributed by atoms with Crippen LogP contribution in [0.3, 0.4) is 0 Å². The largest absolute Gasteiger partial charge is 0.365 e. The van der Waals surface area contributed by atoms with Crippen LogP contribution in [-0.2, 0) is 5.54 Å². The van der Waals surface area contributed by atoms with Crippen molar-refractivity contribution in [2.24, 2.45) is 4.99 Å². The Morgan fingerprint density at radius 3 is 1.96 bits per heavy atom. The molecular weight excluding hydrogens is 338 g/mol. The molecule has 0 saturated heterocycles. The second-order valence-electron chi connectivity index (χ2n) is 6.85. The molecule has 5 nitrogen and oxygen atoms in total. The van der Waals surface area contributed by atoms with Crippen LogP contribution in [0.1, 0.15) is 22.3 Å². The normalized spacial score (nSPS) is 14.3. The molecule has 0 atom stereocenters. The summed E-state index contributed by atoms with van der Waals surface area (Å²) in [6, 6.07) is 21.5. The van der Waals surface area contributed by atoms with Gasteiger partial charge in [-0.1, -0.05) is 65.7 Å². The lowest BCUT2D eigenvalue weighted by molar-refractivity contribution is -0.384. The predicted octanol–water partition coefficient (Wildman–Crippen LogP) is 5.28. The molecule has 0 aromatic heterocycles. The Hall–Kier alpha value is -3.47. The molecule has 3 aromatic carbocycles. The highest BCUT2D eigenvalue weighted by Gasteiger charge is 2.37. The van der Waals surface area contributed by atoms with Gasteiger partial charge in [0, 0.05) is 12.3 Å². The van der Waals surface area contributed by atoms with Crippen molar-refractivity contribution in [3.8, 4) is 0 Å². The number of fused-ring (bicyclic) bond motifs is 1. The van der Waals surface area contributed by atoms with Gasteiger partial charge < -0.3 is 5.32 Å². The first-order valence-electron chi connectivity index (χ1n) is 8.75. The molecule has 1 aliphatic rings. The molecular formula is C22H19N3O2. The molecule has 1 aliphatic heterocycles. The molecule has 4 rings (SSSR count). The number of hydrogen-bond donors (Lipinski definition) is 1. The molecule has 0 bridgehead atoms. The van der Waals surface area contributed by atoms with Gasteiger partial charge in [-0.15, -0.1) is 0 Å². The Kier molecular flexibility index (Phi) is 4.00. The van der Waals surface area contributed by atoms with Gasteiger partial charge in [0.05, 0.1) is 10.6 Å². The minimum absolute atomic E-state index is 0.00216. The van der Waals surface area contributed by atoms with E-state index < -0.39 is 10.5 Å². The smallest absolute Gasteiger partial charge is 0.296 e. The first-order chi connectivity index (χ1) is 13.0. The highest BCUT2D eigenvalue weighted by atomic mass is 16.6. The molecule has 27 heavy (non-hydrogen) atoms. The number of nitrogens with zero attached hydrogens (tertiary/aromatic N) is 2. The van der Waals surface area contributed by atoms with Crippen molar-refractivity contribution >= 4 is 23.3 Å². The topological polar surface area (TPSA) is 67.5 Å². The summed E-state index contributed by atoms with van der Waals surface area (Å²) in [5, 5.41) is 14.9. The molecule has 134 valence electrons. The van der Waals surface area contributed by atoms with Crippen molar-refractivity contribution < 1.29 is 4.92 Å².